The van der Waals surface area contributed by atoms with Crippen LogP contribution in [0.25, 0.3) is 87.6 Å². The van der Waals surface area contributed by atoms with Crippen molar-refractivity contribution >= 4 is 54.3 Å². The SMILES string of the molecule is [2H]c1c([2H])c([2H])c(-c2cc(-c3c4ccccc4c(-c4cccc5ccccc45)c4ccccc34)cc3c2oc2ccccc23)c([2H])c1[2H]. The predicted molar refractivity (Wildman–Crippen MR) is 183 cm³/mol. The van der Waals surface area contributed by atoms with Crippen molar-refractivity contribution in [1.29, 1.82) is 0 Å². The Hall–Kier alpha value is -5.66. The smallest absolute Gasteiger partial charge is 0.143 e. The van der Waals surface area contributed by atoms with E-state index in [4.69, 9.17) is 11.3 Å². The average Bonchev–Trinajstić information content (AvgIpc) is 3.51. The molecule has 0 unspecified atom stereocenters. The van der Waals surface area contributed by atoms with Crippen LogP contribution in [0.5, 0.6) is 0 Å². The Morgan fingerprint density at radius 3 is 1.72 bits per heavy atom. The van der Waals surface area contributed by atoms with Crippen LogP contribution in [-0.2, 0) is 0 Å². The molecule has 0 amide bonds. The third-order valence-electron chi connectivity index (χ3n) is 8.53. The minimum Gasteiger partial charge on any atom is -0.455 e. The number of fused-ring (bicyclic) bond motifs is 6. The summed E-state index contributed by atoms with van der Waals surface area (Å²) in [5.74, 6) is 0. The fraction of sp³-hybridized carbons (Fsp3) is 0. The first-order chi connectivity index (χ1) is 23.4. The molecule has 200 valence electrons. The molecule has 0 fully saturated rings. The molecule has 9 aromatic rings. The van der Waals surface area contributed by atoms with Crippen molar-refractivity contribution in [2.45, 2.75) is 0 Å². The van der Waals surface area contributed by atoms with Gasteiger partial charge in [0.2, 0.25) is 0 Å². The Bertz CT molecular complexity index is 2700. The molecular formula is C42H26O. The number of benzene rings is 8. The summed E-state index contributed by atoms with van der Waals surface area (Å²) in [6.07, 6.45) is 0. The molecule has 1 aromatic heterocycles. The maximum atomic E-state index is 8.90. The molecule has 0 aliphatic heterocycles. The van der Waals surface area contributed by atoms with Crippen molar-refractivity contribution in [1.82, 2.24) is 0 Å². The van der Waals surface area contributed by atoms with E-state index in [1.807, 2.05) is 30.3 Å². The number of hydrogen-bond acceptors (Lipinski definition) is 1. The zero-order chi connectivity index (χ0) is 32.7. The van der Waals surface area contributed by atoms with Crippen LogP contribution in [-0.4, -0.2) is 0 Å². The zero-order valence-corrected chi connectivity index (χ0v) is 23.0. The van der Waals surface area contributed by atoms with E-state index in [1.54, 1.807) is 0 Å². The second-order valence-electron chi connectivity index (χ2n) is 10.9. The molecule has 0 aliphatic rings. The standard InChI is InChI=1S/C42H26O/c1-2-13-28(14-3-1)37-25-29(26-38-31-18-10-11-24-39(31)43-42(37)38)40-33-19-6-8-21-35(33)41(36-22-9-7-20-34(36)40)32-23-12-16-27-15-4-5-17-30(27)32/h1-26H/i1D,2D,3D,13D,14D. The summed E-state index contributed by atoms with van der Waals surface area (Å²) in [4.78, 5) is 0. The van der Waals surface area contributed by atoms with Crippen LogP contribution in [0.4, 0.5) is 0 Å². The largest absolute Gasteiger partial charge is 0.455 e. The predicted octanol–water partition coefficient (Wildman–Crippen LogP) is 12.0. The monoisotopic (exact) mass is 551 g/mol. The molecule has 0 saturated carbocycles. The van der Waals surface area contributed by atoms with Crippen LogP contribution >= 0.6 is 0 Å². The van der Waals surface area contributed by atoms with Gasteiger partial charge in [0.25, 0.3) is 0 Å². The average molecular weight is 552 g/mol. The minimum absolute atomic E-state index is 0.118. The third kappa shape index (κ3) is 3.65. The zero-order valence-electron chi connectivity index (χ0n) is 28.0. The highest BCUT2D eigenvalue weighted by molar-refractivity contribution is 6.24. The highest BCUT2D eigenvalue weighted by atomic mass is 16.3. The van der Waals surface area contributed by atoms with E-state index < -0.39 is 6.04 Å². The molecule has 43 heavy (non-hydrogen) atoms. The molecule has 1 heterocycles. The first kappa shape index (κ1) is 19.5. The summed E-state index contributed by atoms with van der Waals surface area (Å²) in [5, 5.41) is 8.37. The number of hydrogen-bond donors (Lipinski definition) is 0. The lowest BCUT2D eigenvalue weighted by Gasteiger charge is -2.19. The molecule has 1 heteroatoms. The molecule has 9 rings (SSSR count). The molecule has 1 nitrogen and oxygen atoms in total. The number of para-hydroxylation sites is 1. The highest BCUT2D eigenvalue weighted by Crippen LogP contribution is 2.47. The first-order valence-corrected chi connectivity index (χ1v) is 14.4. The van der Waals surface area contributed by atoms with Gasteiger partial charge in [-0.15, -0.1) is 0 Å². The van der Waals surface area contributed by atoms with E-state index in [2.05, 4.69) is 97.1 Å². The molecular weight excluding hydrogens is 520 g/mol. The van der Waals surface area contributed by atoms with Gasteiger partial charge < -0.3 is 4.42 Å². The van der Waals surface area contributed by atoms with Gasteiger partial charge in [0.1, 0.15) is 11.2 Å². The van der Waals surface area contributed by atoms with Crippen molar-refractivity contribution in [2.24, 2.45) is 0 Å². The van der Waals surface area contributed by atoms with Gasteiger partial charge in [-0.05, 0) is 78.3 Å². The molecule has 8 aromatic carbocycles. The fourth-order valence-corrected chi connectivity index (χ4v) is 6.71. The third-order valence-corrected chi connectivity index (χ3v) is 8.53. The summed E-state index contributed by atoms with van der Waals surface area (Å²) >= 11 is 0. The van der Waals surface area contributed by atoms with E-state index in [1.165, 1.54) is 10.8 Å². The second kappa shape index (κ2) is 9.44. The van der Waals surface area contributed by atoms with Gasteiger partial charge in [-0.25, -0.2) is 0 Å². The van der Waals surface area contributed by atoms with E-state index in [9.17, 15) is 0 Å². The Morgan fingerprint density at radius 2 is 1.00 bits per heavy atom. The summed E-state index contributed by atoms with van der Waals surface area (Å²) in [7, 11) is 0. The molecule has 0 spiro atoms. The summed E-state index contributed by atoms with van der Waals surface area (Å²) in [5.41, 5.74) is 5.91. The van der Waals surface area contributed by atoms with Crippen LogP contribution in [0.1, 0.15) is 6.85 Å². The van der Waals surface area contributed by atoms with Crippen molar-refractivity contribution in [3.05, 3.63) is 158 Å². The van der Waals surface area contributed by atoms with Gasteiger partial charge in [-0.2, -0.15) is 0 Å². The maximum absolute atomic E-state index is 8.90. The van der Waals surface area contributed by atoms with Crippen molar-refractivity contribution in [2.75, 3.05) is 0 Å². The summed E-state index contributed by atoms with van der Waals surface area (Å²) < 4.78 is 49.3. The lowest BCUT2D eigenvalue weighted by Crippen LogP contribution is -1.92. The quantitative estimate of drug-likeness (QED) is 0.199. The topological polar surface area (TPSA) is 13.1 Å². The van der Waals surface area contributed by atoms with E-state index in [-0.39, 0.29) is 29.7 Å². The van der Waals surface area contributed by atoms with Crippen molar-refractivity contribution in [3.8, 4) is 33.4 Å². The van der Waals surface area contributed by atoms with Gasteiger partial charge in [0, 0.05) is 16.3 Å². The number of rotatable bonds is 3. The lowest BCUT2D eigenvalue weighted by atomic mass is 9.84. The maximum Gasteiger partial charge on any atom is 0.143 e. The van der Waals surface area contributed by atoms with Crippen LogP contribution in [0.3, 0.4) is 0 Å². The van der Waals surface area contributed by atoms with Crippen LogP contribution in [0.2, 0.25) is 0 Å². The molecule has 0 saturated heterocycles. The van der Waals surface area contributed by atoms with E-state index in [0.717, 1.165) is 54.6 Å². The van der Waals surface area contributed by atoms with E-state index in [0.29, 0.717) is 16.7 Å². The second-order valence-corrected chi connectivity index (χ2v) is 10.9. The Kier molecular flexibility index (Phi) is 4.27. The molecule has 0 bridgehead atoms. The first-order valence-electron chi connectivity index (χ1n) is 16.9. The highest BCUT2D eigenvalue weighted by Gasteiger charge is 2.20. The molecule has 0 aliphatic carbocycles. The Morgan fingerprint density at radius 1 is 0.419 bits per heavy atom. The minimum atomic E-state index is -0.424. The Balaban J connectivity index is 1.46. The van der Waals surface area contributed by atoms with Gasteiger partial charge in [-0.3, -0.25) is 0 Å². The molecule has 0 atom stereocenters. The van der Waals surface area contributed by atoms with Gasteiger partial charge >= 0.3 is 0 Å². The van der Waals surface area contributed by atoms with Gasteiger partial charge in [-0.1, -0.05) is 139 Å². The fourth-order valence-electron chi connectivity index (χ4n) is 6.71. The van der Waals surface area contributed by atoms with Crippen molar-refractivity contribution < 1.29 is 11.3 Å². The van der Waals surface area contributed by atoms with Gasteiger partial charge in [0.15, 0.2) is 0 Å². The normalized spacial score (nSPS) is 13.3. The molecule has 0 radical (unpaired) electrons. The summed E-state index contributed by atoms with van der Waals surface area (Å²) in [6, 6.07) is 41.9. The van der Waals surface area contributed by atoms with Crippen LogP contribution < -0.4 is 0 Å². The number of furan rings is 1. The lowest BCUT2D eigenvalue weighted by molar-refractivity contribution is 0.670. The molecule has 0 N–H and O–H groups in total. The summed E-state index contributed by atoms with van der Waals surface area (Å²) in [6.45, 7) is 0. The van der Waals surface area contributed by atoms with E-state index >= 15 is 0 Å². The van der Waals surface area contributed by atoms with Crippen LogP contribution in [0.15, 0.2) is 162 Å². The van der Waals surface area contributed by atoms with Crippen LogP contribution in [0, 0.1) is 0 Å². The van der Waals surface area contributed by atoms with Gasteiger partial charge in [0.05, 0.1) is 6.85 Å². The van der Waals surface area contributed by atoms with Crippen molar-refractivity contribution in [3.63, 3.8) is 0 Å². The Labute approximate surface area is 256 Å².